The Morgan fingerprint density at radius 2 is 0.962 bits per heavy atom. The summed E-state index contributed by atoms with van der Waals surface area (Å²) in [5, 5.41) is 12.8. The Labute approximate surface area is 165 Å². The summed E-state index contributed by atoms with van der Waals surface area (Å²) in [6.45, 7) is 5.43. The largest absolute Gasteiger partial charge is 0.511 e. The van der Waals surface area contributed by atoms with Crippen LogP contribution in [0.2, 0.25) is 0 Å². The van der Waals surface area contributed by atoms with Gasteiger partial charge in [-0.1, -0.05) is 117 Å². The van der Waals surface area contributed by atoms with Crippen LogP contribution in [0.15, 0.2) is 12.0 Å². The monoisotopic (exact) mass is 367 g/mol. The van der Waals surface area contributed by atoms with Crippen LogP contribution in [0.3, 0.4) is 0 Å². The van der Waals surface area contributed by atoms with Crippen molar-refractivity contribution in [3.8, 4) is 0 Å². The van der Waals surface area contributed by atoms with Crippen molar-refractivity contribution in [3.63, 3.8) is 0 Å². The first-order valence-electron chi connectivity index (χ1n) is 11.9. The maximum absolute atomic E-state index is 9.61. The fourth-order valence-corrected chi connectivity index (χ4v) is 3.40. The van der Waals surface area contributed by atoms with Gasteiger partial charge >= 0.3 is 0 Å². The molecule has 0 aromatic heterocycles. The highest BCUT2D eigenvalue weighted by Crippen LogP contribution is 2.13. The van der Waals surface area contributed by atoms with Gasteiger partial charge in [0.15, 0.2) is 0 Å². The lowest BCUT2D eigenvalue weighted by Gasteiger charge is -2.04. The Morgan fingerprint density at radius 3 is 1.38 bits per heavy atom. The molecule has 0 fully saturated rings. The molecule has 0 atom stereocenters. The molecule has 2 N–H and O–H groups in total. The molecule has 2 nitrogen and oxygen atoms in total. The Balaban J connectivity index is 3.09. The summed E-state index contributed by atoms with van der Waals surface area (Å²) < 4.78 is 0. The highest BCUT2D eigenvalue weighted by Gasteiger charge is 1.95. The second kappa shape index (κ2) is 22.4. The highest BCUT2D eigenvalue weighted by atomic mass is 16.3. The zero-order chi connectivity index (χ0) is 19.1. The van der Waals surface area contributed by atoms with Gasteiger partial charge < -0.3 is 10.4 Å². The molecule has 0 unspecified atom stereocenters. The quantitative estimate of drug-likeness (QED) is 0.157. The molecule has 0 amide bonds. The topological polar surface area (TPSA) is 32.3 Å². The van der Waals surface area contributed by atoms with Crippen LogP contribution >= 0.6 is 0 Å². The van der Waals surface area contributed by atoms with Crippen LogP contribution in [0.25, 0.3) is 0 Å². The van der Waals surface area contributed by atoms with Crippen LogP contribution < -0.4 is 5.32 Å². The lowest BCUT2D eigenvalue weighted by molar-refractivity contribution is 0.378. The third-order valence-corrected chi connectivity index (χ3v) is 5.23. The van der Waals surface area contributed by atoms with Crippen LogP contribution in [0.5, 0.6) is 0 Å². The van der Waals surface area contributed by atoms with Crippen molar-refractivity contribution in [2.75, 3.05) is 6.54 Å². The maximum Gasteiger partial charge on any atom is 0.108 e. The van der Waals surface area contributed by atoms with Crippen molar-refractivity contribution >= 4 is 0 Å². The molecule has 0 radical (unpaired) electrons. The molecule has 156 valence electrons. The maximum atomic E-state index is 9.61. The Kier molecular flexibility index (Phi) is 21.8. The summed E-state index contributed by atoms with van der Waals surface area (Å²) >= 11 is 0. The fourth-order valence-electron chi connectivity index (χ4n) is 3.40. The second-order valence-corrected chi connectivity index (χ2v) is 8.00. The van der Waals surface area contributed by atoms with E-state index in [-0.39, 0.29) is 0 Å². The lowest BCUT2D eigenvalue weighted by Crippen LogP contribution is -2.08. The van der Waals surface area contributed by atoms with Gasteiger partial charge in [0.1, 0.15) is 5.76 Å². The van der Waals surface area contributed by atoms with Crippen LogP contribution in [0, 0.1) is 0 Å². The number of allylic oxidation sites excluding steroid dienone is 1. The average Bonchev–Trinajstić information content (AvgIpc) is 2.65. The van der Waals surface area contributed by atoms with E-state index in [1.54, 1.807) is 6.20 Å². The van der Waals surface area contributed by atoms with E-state index in [4.69, 9.17) is 0 Å². The van der Waals surface area contributed by atoms with E-state index < -0.39 is 0 Å². The number of hydrogen-bond acceptors (Lipinski definition) is 2. The predicted octanol–water partition coefficient (Wildman–Crippen LogP) is 8.43. The van der Waals surface area contributed by atoms with Gasteiger partial charge in [-0.3, -0.25) is 0 Å². The van der Waals surface area contributed by atoms with Crippen LogP contribution in [-0.4, -0.2) is 11.7 Å². The summed E-state index contributed by atoms with van der Waals surface area (Å²) in [6, 6.07) is 0. The summed E-state index contributed by atoms with van der Waals surface area (Å²) in [4.78, 5) is 0. The van der Waals surface area contributed by atoms with Gasteiger partial charge in [0, 0.05) is 19.2 Å². The van der Waals surface area contributed by atoms with Crippen molar-refractivity contribution in [2.24, 2.45) is 0 Å². The predicted molar refractivity (Wildman–Crippen MR) is 118 cm³/mol. The summed E-state index contributed by atoms with van der Waals surface area (Å²) in [6.07, 6.45) is 27.4. The van der Waals surface area contributed by atoms with Crippen molar-refractivity contribution in [3.05, 3.63) is 12.0 Å². The standard InChI is InChI=1S/C24H49NO/c1-3-5-7-8-9-10-11-12-13-14-15-16-17-18-19-20-22-25-23-24(26)21-6-4-2/h23,25-26H,3-22H2,1-2H3. The average molecular weight is 368 g/mol. The molecular formula is C24H49NO. The molecule has 0 rings (SSSR count). The molecule has 0 heterocycles. The minimum Gasteiger partial charge on any atom is -0.511 e. The number of aliphatic hydroxyl groups excluding tert-OH is 1. The molecule has 0 aliphatic heterocycles. The molecule has 0 spiro atoms. The van der Waals surface area contributed by atoms with Gasteiger partial charge in [-0.05, 0) is 12.8 Å². The third kappa shape index (κ3) is 21.4. The van der Waals surface area contributed by atoms with E-state index in [0.717, 1.165) is 25.8 Å². The Morgan fingerprint density at radius 1 is 0.577 bits per heavy atom. The van der Waals surface area contributed by atoms with E-state index in [1.807, 2.05) is 0 Å². The molecule has 0 saturated heterocycles. The number of nitrogens with one attached hydrogen (secondary N) is 1. The minimum atomic E-state index is 0.503. The molecule has 26 heavy (non-hydrogen) atoms. The molecule has 0 aliphatic carbocycles. The van der Waals surface area contributed by atoms with Gasteiger partial charge in [-0.15, -0.1) is 0 Å². The summed E-state index contributed by atoms with van der Waals surface area (Å²) in [5.41, 5.74) is 0. The zero-order valence-corrected chi connectivity index (χ0v) is 18.2. The number of unbranched alkanes of at least 4 members (excludes halogenated alkanes) is 16. The van der Waals surface area contributed by atoms with E-state index in [1.165, 1.54) is 103 Å². The third-order valence-electron chi connectivity index (χ3n) is 5.23. The van der Waals surface area contributed by atoms with E-state index in [0.29, 0.717) is 5.76 Å². The first-order valence-corrected chi connectivity index (χ1v) is 11.9. The van der Waals surface area contributed by atoms with E-state index in [2.05, 4.69) is 19.2 Å². The Bertz CT molecular complexity index is 288. The van der Waals surface area contributed by atoms with Crippen molar-refractivity contribution in [1.29, 1.82) is 0 Å². The first kappa shape index (κ1) is 25.3. The van der Waals surface area contributed by atoms with Gasteiger partial charge in [0.05, 0.1) is 0 Å². The van der Waals surface area contributed by atoms with Gasteiger partial charge in [0.25, 0.3) is 0 Å². The highest BCUT2D eigenvalue weighted by molar-refractivity contribution is 4.88. The fraction of sp³-hybridized carbons (Fsp3) is 0.917. The summed E-state index contributed by atoms with van der Waals surface area (Å²) in [7, 11) is 0. The molecule has 0 aliphatic rings. The zero-order valence-electron chi connectivity index (χ0n) is 18.2. The van der Waals surface area contributed by atoms with Crippen molar-refractivity contribution in [1.82, 2.24) is 5.32 Å². The van der Waals surface area contributed by atoms with E-state index >= 15 is 0 Å². The molecule has 2 heteroatoms. The molecular weight excluding hydrogens is 318 g/mol. The SMILES string of the molecule is CCCCCCCCCCCCCCCCCCNC=C(O)CCCC. The van der Waals surface area contributed by atoms with Crippen molar-refractivity contribution in [2.45, 2.75) is 136 Å². The van der Waals surface area contributed by atoms with Crippen LogP contribution in [0.4, 0.5) is 0 Å². The van der Waals surface area contributed by atoms with Crippen LogP contribution in [0.1, 0.15) is 136 Å². The number of rotatable bonds is 21. The normalized spacial score (nSPS) is 11.8. The summed E-state index contributed by atoms with van der Waals surface area (Å²) in [5.74, 6) is 0.503. The van der Waals surface area contributed by atoms with Crippen molar-refractivity contribution < 1.29 is 5.11 Å². The van der Waals surface area contributed by atoms with Gasteiger partial charge in [0.2, 0.25) is 0 Å². The molecule has 0 aromatic carbocycles. The lowest BCUT2D eigenvalue weighted by atomic mass is 10.0. The Hall–Kier alpha value is -0.660. The molecule has 0 aromatic rings. The second-order valence-electron chi connectivity index (χ2n) is 8.00. The smallest absolute Gasteiger partial charge is 0.108 e. The number of aliphatic hydroxyl groups is 1. The van der Waals surface area contributed by atoms with Gasteiger partial charge in [-0.25, -0.2) is 0 Å². The first-order chi connectivity index (χ1) is 12.8. The number of hydrogen-bond donors (Lipinski definition) is 2. The molecule has 0 saturated carbocycles. The van der Waals surface area contributed by atoms with Gasteiger partial charge in [-0.2, -0.15) is 0 Å². The van der Waals surface area contributed by atoms with E-state index in [9.17, 15) is 5.11 Å². The van der Waals surface area contributed by atoms with Crippen LogP contribution in [-0.2, 0) is 0 Å². The molecule has 0 bridgehead atoms. The minimum absolute atomic E-state index is 0.503.